The van der Waals surface area contributed by atoms with Crippen LogP contribution in [0.15, 0.2) is 42.7 Å². The first-order chi connectivity index (χ1) is 12.3. The Morgan fingerprint density at radius 1 is 1.00 bits per heavy atom. The third-order valence-corrected chi connectivity index (χ3v) is 8.98. The molecule has 0 spiro atoms. The maximum atomic E-state index is 12.4. The van der Waals surface area contributed by atoms with Gasteiger partial charge in [-0.3, -0.25) is 9.78 Å². The fraction of sp³-hybridized carbons (Fsp3) is 0.429. The van der Waals surface area contributed by atoms with Gasteiger partial charge in [0.05, 0.1) is 29.8 Å². The number of pyridine rings is 1. The zero-order valence-corrected chi connectivity index (χ0v) is 13.7. The molecule has 6 aliphatic carbocycles. The molecule has 2 heterocycles. The largest absolute Gasteiger partial charge is 0.469 e. The second-order valence-electron chi connectivity index (χ2n) is 8.71. The Hall–Kier alpha value is -2.36. The Labute approximate surface area is 143 Å². The number of nitrogens with zero attached hydrogens (tertiary/aromatic N) is 2. The Kier molecular flexibility index (Phi) is 1.49. The molecule has 2 aromatic heterocycles. The number of methoxy groups -OCH3 is 1. The zero-order valence-electron chi connectivity index (χ0n) is 13.7. The zero-order chi connectivity index (χ0) is 16.3. The second kappa shape index (κ2) is 3.09. The van der Waals surface area contributed by atoms with Gasteiger partial charge in [-0.25, -0.2) is 0 Å². The first-order valence-electron chi connectivity index (χ1n) is 9.22. The van der Waals surface area contributed by atoms with Gasteiger partial charge in [0.25, 0.3) is 0 Å². The van der Waals surface area contributed by atoms with Crippen LogP contribution >= 0.6 is 0 Å². The topological polar surface area (TPSA) is 44.1 Å². The van der Waals surface area contributed by atoms with E-state index in [4.69, 9.17) is 4.74 Å². The minimum absolute atomic E-state index is 0.0620. The normalized spacial score (nSPS) is 48.7. The number of aromatic nitrogens is 2. The van der Waals surface area contributed by atoms with Crippen molar-refractivity contribution in [3.63, 3.8) is 0 Å². The van der Waals surface area contributed by atoms with Gasteiger partial charge in [0.2, 0.25) is 0 Å². The SMILES string of the molecule is COC(=O)C12C3C4C1C1C2C3C41n1c2ccccc2c2ccncc21. The van der Waals surface area contributed by atoms with Crippen molar-refractivity contribution in [3.8, 4) is 0 Å². The van der Waals surface area contributed by atoms with Gasteiger partial charge < -0.3 is 9.30 Å². The molecule has 0 N–H and O–H groups in total. The molecule has 3 aromatic rings. The minimum Gasteiger partial charge on any atom is -0.469 e. The van der Waals surface area contributed by atoms with Crippen molar-refractivity contribution in [1.82, 2.24) is 9.55 Å². The molecular weight excluding hydrogens is 312 g/mol. The number of fused-ring (bicyclic) bond motifs is 3. The molecule has 122 valence electrons. The van der Waals surface area contributed by atoms with Crippen LogP contribution in [0.25, 0.3) is 21.8 Å². The van der Waals surface area contributed by atoms with Crippen molar-refractivity contribution >= 4 is 27.8 Å². The number of benzene rings is 1. The number of rotatable bonds is 2. The average molecular weight is 328 g/mol. The summed E-state index contributed by atoms with van der Waals surface area (Å²) >= 11 is 0. The lowest BCUT2D eigenvalue weighted by atomic mass is 8.94. The Morgan fingerprint density at radius 3 is 2.40 bits per heavy atom. The van der Waals surface area contributed by atoms with Crippen LogP contribution in [-0.2, 0) is 15.1 Å². The van der Waals surface area contributed by atoms with Gasteiger partial charge in [-0.05, 0) is 47.6 Å². The summed E-state index contributed by atoms with van der Waals surface area (Å²) in [6, 6.07) is 10.9. The van der Waals surface area contributed by atoms with Crippen molar-refractivity contribution in [2.75, 3.05) is 7.11 Å². The smallest absolute Gasteiger partial charge is 0.312 e. The molecule has 0 saturated heterocycles. The molecule has 0 radical (unpaired) electrons. The summed E-state index contributed by atoms with van der Waals surface area (Å²) in [5.74, 6) is 3.91. The van der Waals surface area contributed by atoms with Crippen molar-refractivity contribution in [1.29, 1.82) is 0 Å². The number of carbonyl (C=O) groups is 1. The monoisotopic (exact) mass is 328 g/mol. The molecule has 6 fully saturated rings. The predicted molar refractivity (Wildman–Crippen MR) is 90.6 cm³/mol. The van der Waals surface area contributed by atoms with E-state index >= 15 is 0 Å². The highest BCUT2D eigenvalue weighted by Gasteiger charge is 3.12. The maximum absolute atomic E-state index is 12.4. The number of hydrogen-bond acceptors (Lipinski definition) is 3. The van der Waals surface area contributed by atoms with Gasteiger partial charge in [-0.1, -0.05) is 18.2 Å². The van der Waals surface area contributed by atoms with Crippen LogP contribution in [-0.4, -0.2) is 22.6 Å². The van der Waals surface area contributed by atoms with E-state index in [-0.39, 0.29) is 16.9 Å². The van der Waals surface area contributed by atoms with Crippen molar-refractivity contribution in [2.24, 2.45) is 40.9 Å². The molecule has 0 unspecified atom stereocenters. The highest BCUT2D eigenvalue weighted by Crippen LogP contribution is 3.09. The highest BCUT2D eigenvalue weighted by molar-refractivity contribution is 6.08. The molecule has 6 aliphatic rings. The lowest BCUT2D eigenvalue weighted by Crippen LogP contribution is -3.13. The van der Waals surface area contributed by atoms with E-state index in [2.05, 4.69) is 39.9 Å². The second-order valence-corrected chi connectivity index (χ2v) is 8.71. The van der Waals surface area contributed by atoms with E-state index in [0.717, 1.165) is 0 Å². The third kappa shape index (κ3) is 0.748. The summed E-state index contributed by atoms with van der Waals surface area (Å²) in [6.07, 6.45) is 3.93. The van der Waals surface area contributed by atoms with Crippen molar-refractivity contribution < 1.29 is 9.53 Å². The molecule has 4 nitrogen and oxygen atoms in total. The van der Waals surface area contributed by atoms with Gasteiger partial charge >= 0.3 is 5.97 Å². The third-order valence-electron chi connectivity index (χ3n) is 8.98. The van der Waals surface area contributed by atoms with E-state index in [1.165, 1.54) is 21.8 Å². The number of para-hydroxylation sites is 1. The molecular formula is C21H16N2O2. The minimum atomic E-state index is -0.0620. The molecule has 0 aliphatic heterocycles. The van der Waals surface area contributed by atoms with Gasteiger partial charge in [0.1, 0.15) is 0 Å². The molecule has 9 rings (SSSR count). The lowest BCUT2D eigenvalue weighted by molar-refractivity contribution is -0.629. The number of hydrogen-bond donors (Lipinski definition) is 0. The first kappa shape index (κ1) is 12.1. The maximum Gasteiger partial charge on any atom is 0.312 e. The summed E-state index contributed by atoms with van der Waals surface area (Å²) in [5, 5.41) is 2.64. The van der Waals surface area contributed by atoms with Crippen LogP contribution in [0.1, 0.15) is 0 Å². The standard InChI is InChI=1S/C21H16N2O2/c1-25-19(24)20-13-16-14(20)18-15(20)17(13)21(16,18)23-11-5-3-2-4-9(11)10-6-7-22-8-12(10)23/h2-8,13-18H,1H3. The van der Waals surface area contributed by atoms with E-state index in [0.29, 0.717) is 35.5 Å². The quantitative estimate of drug-likeness (QED) is 0.680. The van der Waals surface area contributed by atoms with Crippen molar-refractivity contribution in [3.05, 3.63) is 42.7 Å². The number of carbonyl (C=O) groups excluding carboxylic acids is 1. The van der Waals surface area contributed by atoms with Crippen LogP contribution in [0.5, 0.6) is 0 Å². The molecule has 0 atom stereocenters. The van der Waals surface area contributed by atoms with Gasteiger partial charge in [0.15, 0.2) is 0 Å². The van der Waals surface area contributed by atoms with E-state index in [1.54, 1.807) is 7.11 Å². The number of esters is 1. The van der Waals surface area contributed by atoms with E-state index in [9.17, 15) is 4.79 Å². The molecule has 0 bridgehead atoms. The van der Waals surface area contributed by atoms with Crippen LogP contribution in [0.3, 0.4) is 0 Å². The van der Waals surface area contributed by atoms with Crippen LogP contribution in [0.4, 0.5) is 0 Å². The summed E-state index contributed by atoms with van der Waals surface area (Å²) in [6.45, 7) is 0. The first-order valence-corrected chi connectivity index (χ1v) is 9.22. The Bertz CT molecular complexity index is 1070. The van der Waals surface area contributed by atoms with Gasteiger partial charge in [-0.2, -0.15) is 0 Å². The van der Waals surface area contributed by atoms with Crippen LogP contribution in [0, 0.1) is 40.9 Å². The number of ether oxygens (including phenoxy) is 1. The van der Waals surface area contributed by atoms with Crippen molar-refractivity contribution in [2.45, 2.75) is 5.54 Å². The van der Waals surface area contributed by atoms with Crippen LogP contribution in [0.2, 0.25) is 0 Å². The van der Waals surface area contributed by atoms with Crippen LogP contribution < -0.4 is 0 Å². The Balaban J connectivity index is 1.38. The summed E-state index contributed by atoms with van der Waals surface area (Å²) in [5.41, 5.74) is 2.83. The summed E-state index contributed by atoms with van der Waals surface area (Å²) < 4.78 is 7.79. The van der Waals surface area contributed by atoms with E-state index < -0.39 is 0 Å². The predicted octanol–water partition coefficient (Wildman–Crippen LogP) is 2.81. The molecule has 1 aromatic carbocycles. The molecule has 6 saturated carbocycles. The lowest BCUT2D eigenvalue weighted by Gasteiger charge is -3.09. The van der Waals surface area contributed by atoms with Gasteiger partial charge in [-0.15, -0.1) is 0 Å². The average Bonchev–Trinajstić information content (AvgIpc) is 3.01. The Morgan fingerprint density at radius 2 is 1.68 bits per heavy atom. The fourth-order valence-corrected chi connectivity index (χ4v) is 8.74. The summed E-state index contributed by atoms with van der Waals surface area (Å²) in [7, 11) is 1.55. The van der Waals surface area contributed by atoms with E-state index in [1.807, 2.05) is 12.4 Å². The molecule has 25 heavy (non-hydrogen) atoms. The fourth-order valence-electron chi connectivity index (χ4n) is 8.74. The highest BCUT2D eigenvalue weighted by atomic mass is 16.5. The summed E-state index contributed by atoms with van der Waals surface area (Å²) in [4.78, 5) is 16.8. The molecule has 0 amide bonds. The van der Waals surface area contributed by atoms with Gasteiger partial charge in [0, 0.05) is 22.5 Å². The molecule has 4 heteroatoms.